The number of benzene rings is 1. The van der Waals surface area contributed by atoms with Crippen LogP contribution < -0.4 is 10.3 Å². The zero-order valence-corrected chi connectivity index (χ0v) is 21.2. The van der Waals surface area contributed by atoms with Gasteiger partial charge in [0.1, 0.15) is 24.6 Å². The Kier molecular flexibility index (Phi) is 5.71. The summed E-state index contributed by atoms with van der Waals surface area (Å²) in [6.45, 7) is 10.9. The molecule has 1 N–H and O–H groups in total. The van der Waals surface area contributed by atoms with E-state index in [1.807, 2.05) is 12.1 Å². The lowest BCUT2D eigenvalue weighted by Gasteiger charge is -2.31. The summed E-state index contributed by atoms with van der Waals surface area (Å²) < 4.78 is 17.8. The third-order valence-corrected chi connectivity index (χ3v) is 6.58. The number of esters is 2. The van der Waals surface area contributed by atoms with Gasteiger partial charge < -0.3 is 23.9 Å². The van der Waals surface area contributed by atoms with Crippen molar-refractivity contribution < 1.29 is 28.9 Å². The van der Waals surface area contributed by atoms with Crippen LogP contribution in [0, 0.1) is 0 Å². The average molecular weight is 505 g/mol. The van der Waals surface area contributed by atoms with Crippen LogP contribution in [0.5, 0.6) is 5.75 Å². The summed E-state index contributed by atoms with van der Waals surface area (Å²) in [5.74, 6) is -0.732. The van der Waals surface area contributed by atoms with Gasteiger partial charge in [0, 0.05) is 16.5 Å². The molecule has 192 valence electrons. The van der Waals surface area contributed by atoms with E-state index in [0.29, 0.717) is 29.2 Å². The van der Waals surface area contributed by atoms with Gasteiger partial charge in [-0.1, -0.05) is 13.5 Å². The number of aliphatic hydroxyl groups is 1. The smallest absolute Gasteiger partial charge is 0.343 e. The van der Waals surface area contributed by atoms with Crippen molar-refractivity contribution in [3.8, 4) is 17.1 Å². The van der Waals surface area contributed by atoms with E-state index in [0.717, 1.165) is 10.9 Å². The number of nitrogens with zero attached hydrogens (tertiary/aromatic N) is 2. The van der Waals surface area contributed by atoms with Crippen molar-refractivity contribution in [2.75, 3.05) is 6.61 Å². The number of pyridine rings is 2. The second-order valence-electron chi connectivity index (χ2n) is 10.3. The van der Waals surface area contributed by atoms with Crippen molar-refractivity contribution in [3.05, 3.63) is 69.5 Å². The molecule has 0 saturated carbocycles. The number of aromatic nitrogens is 2. The predicted molar refractivity (Wildman–Crippen MR) is 135 cm³/mol. The summed E-state index contributed by atoms with van der Waals surface area (Å²) in [5.41, 5.74) is 0.665. The van der Waals surface area contributed by atoms with Crippen molar-refractivity contribution >= 4 is 22.8 Å². The van der Waals surface area contributed by atoms with E-state index in [1.165, 1.54) is 0 Å². The minimum absolute atomic E-state index is 0.0215. The monoisotopic (exact) mass is 504 g/mol. The Balaban J connectivity index is 1.45. The Morgan fingerprint density at radius 1 is 1.24 bits per heavy atom. The first-order valence-corrected chi connectivity index (χ1v) is 12.1. The summed E-state index contributed by atoms with van der Waals surface area (Å²) in [6.07, 6.45) is 0.0862. The molecule has 2 aromatic heterocycles. The molecule has 0 radical (unpaired) electrons. The first kappa shape index (κ1) is 24.7. The summed E-state index contributed by atoms with van der Waals surface area (Å²) >= 11 is 0. The highest BCUT2D eigenvalue weighted by atomic mass is 16.6. The molecule has 3 aromatic rings. The van der Waals surface area contributed by atoms with E-state index >= 15 is 0 Å². The van der Waals surface area contributed by atoms with Gasteiger partial charge in [-0.25, -0.2) is 14.6 Å². The second-order valence-corrected chi connectivity index (χ2v) is 10.3. The number of ether oxygens (including phenoxy) is 3. The number of rotatable bonds is 5. The van der Waals surface area contributed by atoms with Crippen LogP contribution in [-0.2, 0) is 37.8 Å². The summed E-state index contributed by atoms with van der Waals surface area (Å²) in [6, 6.07) is 8.96. The van der Waals surface area contributed by atoms with Crippen molar-refractivity contribution in [1.29, 1.82) is 0 Å². The number of fused-ring (bicyclic) bond motifs is 5. The molecule has 9 heteroatoms. The van der Waals surface area contributed by atoms with E-state index < -0.39 is 23.1 Å². The van der Waals surface area contributed by atoms with Crippen LogP contribution in [0.25, 0.3) is 22.3 Å². The molecule has 0 saturated heterocycles. The van der Waals surface area contributed by atoms with Crippen LogP contribution in [0.15, 0.2) is 47.3 Å². The molecule has 0 fully saturated rings. The van der Waals surface area contributed by atoms with Crippen LogP contribution >= 0.6 is 0 Å². The summed E-state index contributed by atoms with van der Waals surface area (Å²) in [4.78, 5) is 42.5. The van der Waals surface area contributed by atoms with Crippen molar-refractivity contribution in [1.82, 2.24) is 9.55 Å². The van der Waals surface area contributed by atoms with E-state index in [9.17, 15) is 19.5 Å². The van der Waals surface area contributed by atoms with Crippen LogP contribution in [0.4, 0.5) is 0 Å². The minimum Gasteiger partial charge on any atom is -0.489 e. The third-order valence-electron chi connectivity index (χ3n) is 6.58. The fourth-order valence-electron chi connectivity index (χ4n) is 4.63. The molecule has 5 rings (SSSR count). The lowest BCUT2D eigenvalue weighted by atomic mass is 9.86. The van der Waals surface area contributed by atoms with Gasteiger partial charge >= 0.3 is 11.9 Å². The quantitative estimate of drug-likeness (QED) is 0.325. The molecule has 2 aliphatic heterocycles. The highest BCUT2D eigenvalue weighted by molar-refractivity contribution is 5.89. The number of hydrogen-bond acceptors (Lipinski definition) is 8. The predicted octanol–water partition coefficient (Wildman–Crippen LogP) is 3.36. The second kappa shape index (κ2) is 8.55. The minimum atomic E-state index is -1.86. The first-order valence-electron chi connectivity index (χ1n) is 12.1. The average Bonchev–Trinajstić information content (AvgIpc) is 3.20. The fraction of sp³-hybridized carbons (Fsp3) is 0.357. The van der Waals surface area contributed by atoms with E-state index in [1.54, 1.807) is 50.5 Å². The van der Waals surface area contributed by atoms with E-state index in [4.69, 9.17) is 19.2 Å². The van der Waals surface area contributed by atoms with Gasteiger partial charge in [0.15, 0.2) is 5.60 Å². The Hall–Kier alpha value is -3.98. The molecule has 4 heterocycles. The Morgan fingerprint density at radius 2 is 2.00 bits per heavy atom. The topological polar surface area (TPSA) is 117 Å². The van der Waals surface area contributed by atoms with E-state index in [-0.39, 0.29) is 41.9 Å². The number of cyclic esters (lactones) is 1. The number of carbonyl (C=O) groups excluding carboxylic acids is 2. The molecular weight excluding hydrogens is 476 g/mol. The highest BCUT2D eigenvalue weighted by Gasteiger charge is 2.45. The summed E-state index contributed by atoms with van der Waals surface area (Å²) in [5, 5.41) is 11.8. The van der Waals surface area contributed by atoms with Crippen LogP contribution in [0.1, 0.15) is 50.8 Å². The van der Waals surface area contributed by atoms with E-state index in [2.05, 4.69) is 6.58 Å². The molecule has 1 aromatic carbocycles. The lowest BCUT2D eigenvalue weighted by molar-refractivity contribution is -0.172. The van der Waals surface area contributed by atoms with Crippen molar-refractivity contribution in [2.24, 2.45) is 0 Å². The molecule has 37 heavy (non-hydrogen) atoms. The van der Waals surface area contributed by atoms with Gasteiger partial charge in [0.25, 0.3) is 5.56 Å². The summed E-state index contributed by atoms with van der Waals surface area (Å²) in [7, 11) is 0. The zero-order valence-electron chi connectivity index (χ0n) is 21.2. The molecule has 0 amide bonds. The highest BCUT2D eigenvalue weighted by Crippen LogP contribution is 2.38. The van der Waals surface area contributed by atoms with Gasteiger partial charge in [-0.2, -0.15) is 0 Å². The largest absolute Gasteiger partial charge is 0.489 e. The molecule has 2 aliphatic rings. The maximum absolute atomic E-state index is 13.3. The molecule has 0 aliphatic carbocycles. The number of hydrogen-bond donors (Lipinski definition) is 1. The molecule has 9 nitrogen and oxygen atoms in total. The zero-order chi connectivity index (χ0) is 26.7. The molecule has 0 bridgehead atoms. The molecule has 0 unspecified atom stereocenters. The fourth-order valence-corrected chi connectivity index (χ4v) is 4.63. The van der Waals surface area contributed by atoms with Crippen LogP contribution in [-0.4, -0.2) is 38.8 Å². The van der Waals surface area contributed by atoms with Gasteiger partial charge in [0.05, 0.1) is 34.6 Å². The Morgan fingerprint density at radius 3 is 2.70 bits per heavy atom. The Labute approximate surface area is 213 Å². The maximum Gasteiger partial charge on any atom is 0.343 e. The van der Waals surface area contributed by atoms with Gasteiger partial charge in [-0.3, -0.25) is 4.79 Å². The molecule has 1 atom stereocenters. The lowest BCUT2D eigenvalue weighted by Crippen LogP contribution is -2.44. The maximum atomic E-state index is 13.3. The van der Waals surface area contributed by atoms with Crippen molar-refractivity contribution in [2.45, 2.75) is 58.5 Å². The van der Waals surface area contributed by atoms with Gasteiger partial charge in [-0.05, 0) is 57.5 Å². The third kappa shape index (κ3) is 4.19. The van der Waals surface area contributed by atoms with Crippen LogP contribution in [0.2, 0.25) is 0 Å². The number of carbonyl (C=O) groups is 2. The van der Waals surface area contributed by atoms with Gasteiger partial charge in [-0.15, -0.1) is 0 Å². The van der Waals surface area contributed by atoms with Crippen LogP contribution in [0.3, 0.4) is 0 Å². The SMILES string of the molecule is C=C(COc1ccc2nc3c(cc2c1)Cn1c-3cc2c(c1=O)COC(=O)[C@]2(O)CC)C(=O)OC(C)(C)C. The standard InChI is InChI=1S/C28H28N2O7/c1-6-28(34)20-11-22-23-17(12-30(22)24(31)19(20)14-36-26(28)33)9-16-10-18(7-8-21(16)29-23)35-13-15(2)25(32)37-27(3,4)5/h7-11,34H,2,6,12-14H2,1,3-5H3/t28-/m0/s1. The normalized spacial score (nSPS) is 18.0. The van der Waals surface area contributed by atoms with Crippen molar-refractivity contribution in [3.63, 3.8) is 0 Å². The molecule has 0 spiro atoms. The Bertz CT molecular complexity index is 1550. The first-order chi connectivity index (χ1) is 17.4. The molecular formula is C28H28N2O7. The van der Waals surface area contributed by atoms with Gasteiger partial charge in [0.2, 0.25) is 0 Å².